The van der Waals surface area contributed by atoms with Crippen molar-refractivity contribution in [2.24, 2.45) is 0 Å². The summed E-state index contributed by atoms with van der Waals surface area (Å²) in [6.45, 7) is 1.99. The van der Waals surface area contributed by atoms with Gasteiger partial charge in [0.25, 0.3) is 0 Å². The van der Waals surface area contributed by atoms with E-state index in [0.29, 0.717) is 5.56 Å². The van der Waals surface area contributed by atoms with Crippen molar-refractivity contribution in [1.82, 2.24) is 0 Å². The van der Waals surface area contributed by atoms with Gasteiger partial charge in [-0.1, -0.05) is 18.2 Å². The van der Waals surface area contributed by atoms with Crippen LogP contribution in [0, 0.1) is 18.3 Å². The summed E-state index contributed by atoms with van der Waals surface area (Å²) in [5.41, 5.74) is 2.72. The number of thiophene rings is 1. The van der Waals surface area contributed by atoms with Gasteiger partial charge in [0.15, 0.2) is 0 Å². The van der Waals surface area contributed by atoms with Gasteiger partial charge in [0.05, 0.1) is 16.5 Å². The highest BCUT2D eigenvalue weighted by molar-refractivity contribution is 9.10. The van der Waals surface area contributed by atoms with E-state index < -0.39 is 0 Å². The van der Waals surface area contributed by atoms with E-state index in [9.17, 15) is 0 Å². The molecule has 0 spiro atoms. The molecule has 2 nitrogen and oxygen atoms in total. The standard InChI is InChI=1S/C20H12BrNOS/c1-12-16(20-19(21)15-4-2-3-5-18(15)24-20)10-17(23-12)14-8-6-13(11-22)7-9-14/h2-10H,1H3. The number of hydrogen-bond donors (Lipinski definition) is 0. The first-order valence-corrected chi connectivity index (χ1v) is 9.06. The van der Waals surface area contributed by atoms with Crippen LogP contribution >= 0.6 is 27.3 Å². The van der Waals surface area contributed by atoms with Gasteiger partial charge in [0.2, 0.25) is 0 Å². The van der Waals surface area contributed by atoms with E-state index in [1.165, 1.54) is 15.0 Å². The second-order valence-corrected chi connectivity index (χ2v) is 7.36. The summed E-state index contributed by atoms with van der Waals surface area (Å²) in [7, 11) is 0. The molecule has 2 aromatic heterocycles. The van der Waals surface area contributed by atoms with Crippen molar-refractivity contribution < 1.29 is 4.42 Å². The van der Waals surface area contributed by atoms with E-state index in [4.69, 9.17) is 9.68 Å². The molecule has 0 saturated carbocycles. The smallest absolute Gasteiger partial charge is 0.134 e. The zero-order chi connectivity index (χ0) is 16.7. The molecule has 116 valence electrons. The molecule has 0 aliphatic carbocycles. The predicted octanol–water partition coefficient (Wildman–Crippen LogP) is 6.77. The van der Waals surface area contributed by atoms with Crippen molar-refractivity contribution in [2.75, 3.05) is 0 Å². The van der Waals surface area contributed by atoms with Crippen molar-refractivity contribution >= 4 is 37.4 Å². The van der Waals surface area contributed by atoms with Crippen LogP contribution in [0.3, 0.4) is 0 Å². The predicted molar refractivity (Wildman–Crippen MR) is 102 cm³/mol. The SMILES string of the molecule is Cc1oc(-c2ccc(C#N)cc2)cc1-c1sc2ccccc2c1Br. The Morgan fingerprint density at radius 2 is 1.83 bits per heavy atom. The highest BCUT2D eigenvalue weighted by Crippen LogP contribution is 2.44. The lowest BCUT2D eigenvalue weighted by Gasteiger charge is -1.95. The minimum absolute atomic E-state index is 0.648. The van der Waals surface area contributed by atoms with Gasteiger partial charge in [-0.2, -0.15) is 5.26 Å². The maximum absolute atomic E-state index is 8.92. The van der Waals surface area contributed by atoms with Gasteiger partial charge >= 0.3 is 0 Å². The molecule has 2 aromatic carbocycles. The molecule has 4 heteroatoms. The largest absolute Gasteiger partial charge is 0.461 e. The van der Waals surface area contributed by atoms with Gasteiger partial charge in [-0.15, -0.1) is 11.3 Å². The molecule has 0 unspecified atom stereocenters. The van der Waals surface area contributed by atoms with Crippen molar-refractivity contribution in [2.45, 2.75) is 6.92 Å². The number of hydrogen-bond acceptors (Lipinski definition) is 3. The fraction of sp³-hybridized carbons (Fsp3) is 0.0500. The Balaban J connectivity index is 1.83. The fourth-order valence-corrected chi connectivity index (χ4v) is 4.84. The van der Waals surface area contributed by atoms with Gasteiger partial charge in [-0.25, -0.2) is 0 Å². The summed E-state index contributed by atoms with van der Waals surface area (Å²) in [5.74, 6) is 1.71. The number of nitriles is 1. The molecule has 4 aromatic rings. The third-order valence-electron chi connectivity index (χ3n) is 4.00. The van der Waals surface area contributed by atoms with Crippen LogP contribution in [0.25, 0.3) is 31.9 Å². The number of nitrogens with zero attached hydrogens (tertiary/aromatic N) is 1. The number of halogens is 1. The van der Waals surface area contributed by atoms with E-state index in [1.807, 2.05) is 37.3 Å². The topological polar surface area (TPSA) is 36.9 Å². The molecule has 0 radical (unpaired) electrons. The lowest BCUT2D eigenvalue weighted by atomic mass is 10.1. The van der Waals surface area contributed by atoms with Crippen LogP contribution in [0.2, 0.25) is 0 Å². The first-order valence-electron chi connectivity index (χ1n) is 7.46. The maximum atomic E-state index is 8.92. The quantitative estimate of drug-likeness (QED) is 0.376. The summed E-state index contributed by atoms with van der Waals surface area (Å²) >= 11 is 5.50. The molecule has 0 atom stereocenters. The lowest BCUT2D eigenvalue weighted by Crippen LogP contribution is -1.75. The molecule has 0 amide bonds. The molecule has 0 N–H and O–H groups in total. The first kappa shape index (κ1) is 15.2. The van der Waals surface area contributed by atoms with E-state index in [0.717, 1.165) is 27.1 Å². The zero-order valence-electron chi connectivity index (χ0n) is 12.8. The van der Waals surface area contributed by atoms with Crippen LogP contribution in [0.15, 0.2) is 63.5 Å². The third-order valence-corrected chi connectivity index (χ3v) is 6.29. The van der Waals surface area contributed by atoms with Gasteiger partial charge in [-0.05, 0) is 59.3 Å². The molecule has 0 saturated heterocycles. The van der Waals surface area contributed by atoms with Crippen molar-refractivity contribution in [3.05, 3.63) is 70.4 Å². The Morgan fingerprint density at radius 3 is 2.54 bits per heavy atom. The Kier molecular flexibility index (Phi) is 3.76. The molecule has 0 aliphatic rings. The first-order chi connectivity index (χ1) is 11.7. The summed E-state index contributed by atoms with van der Waals surface area (Å²) in [6.07, 6.45) is 0. The van der Waals surface area contributed by atoms with Crippen LogP contribution < -0.4 is 0 Å². The van der Waals surface area contributed by atoms with E-state index in [-0.39, 0.29) is 0 Å². The minimum atomic E-state index is 0.648. The summed E-state index contributed by atoms with van der Waals surface area (Å²) in [5, 5.41) is 10.1. The maximum Gasteiger partial charge on any atom is 0.134 e. The van der Waals surface area contributed by atoms with Crippen LogP contribution in [0.4, 0.5) is 0 Å². The monoisotopic (exact) mass is 393 g/mol. The van der Waals surface area contributed by atoms with Gasteiger partial charge < -0.3 is 4.42 Å². The van der Waals surface area contributed by atoms with E-state index in [1.54, 1.807) is 11.3 Å². The van der Waals surface area contributed by atoms with Crippen LogP contribution in [0.5, 0.6) is 0 Å². The highest BCUT2D eigenvalue weighted by Gasteiger charge is 2.17. The van der Waals surface area contributed by atoms with Crippen LogP contribution in [0.1, 0.15) is 11.3 Å². The average Bonchev–Trinajstić information content (AvgIpc) is 3.16. The highest BCUT2D eigenvalue weighted by atomic mass is 79.9. The van der Waals surface area contributed by atoms with Crippen LogP contribution in [-0.2, 0) is 0 Å². The molecule has 0 bridgehead atoms. The molecule has 24 heavy (non-hydrogen) atoms. The number of furan rings is 1. The van der Waals surface area contributed by atoms with Gasteiger partial charge in [0.1, 0.15) is 11.5 Å². The molecule has 2 heterocycles. The Hall–Kier alpha value is -2.35. The normalized spacial score (nSPS) is 10.9. The minimum Gasteiger partial charge on any atom is -0.461 e. The van der Waals surface area contributed by atoms with E-state index >= 15 is 0 Å². The molecular formula is C20H12BrNOS. The number of fused-ring (bicyclic) bond motifs is 1. The molecular weight excluding hydrogens is 382 g/mol. The van der Waals surface area contributed by atoms with Gasteiger partial charge in [-0.3, -0.25) is 0 Å². The van der Waals surface area contributed by atoms with Crippen molar-refractivity contribution in [1.29, 1.82) is 5.26 Å². The number of rotatable bonds is 2. The Morgan fingerprint density at radius 1 is 1.08 bits per heavy atom. The fourth-order valence-electron chi connectivity index (χ4n) is 2.75. The van der Waals surface area contributed by atoms with Crippen molar-refractivity contribution in [3.63, 3.8) is 0 Å². The van der Waals surface area contributed by atoms with Crippen LogP contribution in [-0.4, -0.2) is 0 Å². The molecule has 0 fully saturated rings. The summed E-state index contributed by atoms with van der Waals surface area (Å²) in [6, 6.07) is 20.0. The zero-order valence-corrected chi connectivity index (χ0v) is 15.2. The Bertz CT molecular complexity index is 1080. The second-order valence-electron chi connectivity index (χ2n) is 5.51. The lowest BCUT2D eigenvalue weighted by molar-refractivity contribution is 0.549. The summed E-state index contributed by atoms with van der Waals surface area (Å²) < 4.78 is 8.34. The number of aryl methyl sites for hydroxylation is 1. The van der Waals surface area contributed by atoms with E-state index in [2.05, 4.69) is 46.3 Å². The summed E-state index contributed by atoms with van der Waals surface area (Å²) in [4.78, 5) is 1.18. The molecule has 0 aliphatic heterocycles. The third kappa shape index (κ3) is 2.47. The second kappa shape index (κ2) is 5.94. The Labute approximate surface area is 152 Å². The molecule has 4 rings (SSSR count). The average molecular weight is 394 g/mol. The van der Waals surface area contributed by atoms with Crippen molar-refractivity contribution in [3.8, 4) is 27.8 Å². The van der Waals surface area contributed by atoms with Gasteiger partial charge in [0, 0.05) is 25.7 Å². The number of benzene rings is 2.